The Morgan fingerprint density at radius 2 is 1.80 bits per heavy atom. The maximum absolute atomic E-state index is 12.6. The molecular formula is C23H27NO6. The average Bonchev–Trinajstić information content (AvgIpc) is 3.25. The van der Waals surface area contributed by atoms with Crippen LogP contribution in [-0.2, 0) is 25.6 Å². The van der Waals surface area contributed by atoms with E-state index in [0.29, 0.717) is 17.9 Å². The minimum atomic E-state index is -0.772. The molecule has 30 heavy (non-hydrogen) atoms. The Kier molecular flexibility index (Phi) is 7.82. The van der Waals surface area contributed by atoms with E-state index in [2.05, 4.69) is 0 Å². The second-order valence-corrected chi connectivity index (χ2v) is 7.04. The second kappa shape index (κ2) is 10.8. The maximum atomic E-state index is 12.6. The number of likely N-dealkylation sites (tertiary alicyclic amines) is 1. The third kappa shape index (κ3) is 5.58. The number of benzene rings is 2. The van der Waals surface area contributed by atoms with Crippen LogP contribution >= 0.6 is 0 Å². The lowest BCUT2D eigenvalue weighted by atomic mass is 10.2. The van der Waals surface area contributed by atoms with E-state index in [1.165, 1.54) is 14.2 Å². The van der Waals surface area contributed by atoms with Gasteiger partial charge in [0.1, 0.15) is 19.0 Å². The molecule has 0 saturated carbocycles. The van der Waals surface area contributed by atoms with Crippen molar-refractivity contribution < 1.29 is 28.5 Å². The Balaban J connectivity index is 1.55. The van der Waals surface area contributed by atoms with Gasteiger partial charge in [-0.1, -0.05) is 30.3 Å². The number of esters is 2. The summed E-state index contributed by atoms with van der Waals surface area (Å²) in [5, 5.41) is 0. The number of hydrogen-bond acceptors (Lipinski definition) is 7. The first-order valence-electron chi connectivity index (χ1n) is 9.92. The second-order valence-electron chi connectivity index (χ2n) is 7.04. The summed E-state index contributed by atoms with van der Waals surface area (Å²) in [5.41, 5.74) is 1.39. The molecule has 3 rings (SSSR count). The molecule has 1 unspecified atom stereocenters. The van der Waals surface area contributed by atoms with E-state index in [1.54, 1.807) is 24.3 Å². The van der Waals surface area contributed by atoms with Crippen molar-refractivity contribution in [2.24, 2.45) is 0 Å². The third-order valence-electron chi connectivity index (χ3n) is 5.09. The van der Waals surface area contributed by atoms with Gasteiger partial charge in [0, 0.05) is 19.7 Å². The smallest absolute Gasteiger partial charge is 0.351 e. The van der Waals surface area contributed by atoms with E-state index in [9.17, 15) is 9.59 Å². The van der Waals surface area contributed by atoms with Gasteiger partial charge in [-0.2, -0.15) is 0 Å². The molecule has 0 aliphatic carbocycles. The fraction of sp³-hybridized carbons (Fsp3) is 0.391. The molecule has 0 aromatic heterocycles. The molecule has 7 heteroatoms. The van der Waals surface area contributed by atoms with Crippen LogP contribution in [0.25, 0.3) is 0 Å². The van der Waals surface area contributed by atoms with Crippen LogP contribution in [-0.4, -0.2) is 56.5 Å². The van der Waals surface area contributed by atoms with Crippen molar-refractivity contribution in [3.05, 3.63) is 65.7 Å². The summed E-state index contributed by atoms with van der Waals surface area (Å²) in [4.78, 5) is 26.1. The molecule has 1 fully saturated rings. The van der Waals surface area contributed by atoms with Crippen LogP contribution in [0.5, 0.6) is 5.75 Å². The number of ether oxygens (including phenoxy) is 4. The Bertz CT molecular complexity index is 823. The first kappa shape index (κ1) is 21.8. The third-order valence-corrected chi connectivity index (χ3v) is 5.09. The van der Waals surface area contributed by atoms with E-state index < -0.39 is 12.2 Å². The van der Waals surface area contributed by atoms with Gasteiger partial charge in [0.2, 0.25) is 6.23 Å². The fourth-order valence-electron chi connectivity index (χ4n) is 3.51. The molecule has 0 N–H and O–H groups in total. The Hall–Kier alpha value is -2.90. The zero-order chi connectivity index (χ0) is 21.3. The van der Waals surface area contributed by atoms with E-state index in [0.717, 1.165) is 24.9 Å². The van der Waals surface area contributed by atoms with Crippen molar-refractivity contribution in [3.8, 4) is 5.75 Å². The summed E-state index contributed by atoms with van der Waals surface area (Å²) in [7, 11) is 2.86. The molecule has 1 aliphatic heterocycles. The molecule has 0 radical (unpaired) electrons. The Morgan fingerprint density at radius 1 is 1.07 bits per heavy atom. The molecule has 2 atom stereocenters. The molecule has 1 aliphatic rings. The molecule has 7 nitrogen and oxygen atoms in total. The van der Waals surface area contributed by atoms with Crippen LogP contribution in [0.15, 0.2) is 54.6 Å². The van der Waals surface area contributed by atoms with Gasteiger partial charge in [0.15, 0.2) is 0 Å². The van der Waals surface area contributed by atoms with E-state index in [4.69, 9.17) is 18.9 Å². The van der Waals surface area contributed by atoms with Crippen molar-refractivity contribution in [2.45, 2.75) is 31.7 Å². The maximum Gasteiger partial charge on any atom is 0.351 e. The number of carbonyl (C=O) groups excluding carboxylic acids is 2. The first-order valence-corrected chi connectivity index (χ1v) is 9.92. The summed E-state index contributed by atoms with van der Waals surface area (Å²) in [6.07, 6.45) is 1.07. The van der Waals surface area contributed by atoms with Crippen molar-refractivity contribution in [3.63, 3.8) is 0 Å². The summed E-state index contributed by atoms with van der Waals surface area (Å²) in [6.45, 7) is 1.35. The average molecular weight is 413 g/mol. The molecule has 160 valence electrons. The van der Waals surface area contributed by atoms with Gasteiger partial charge in [0.05, 0.1) is 12.7 Å². The van der Waals surface area contributed by atoms with Gasteiger partial charge < -0.3 is 18.9 Å². The van der Waals surface area contributed by atoms with Gasteiger partial charge >= 0.3 is 11.9 Å². The Morgan fingerprint density at radius 3 is 2.47 bits per heavy atom. The van der Waals surface area contributed by atoms with Crippen molar-refractivity contribution >= 4 is 11.9 Å². The van der Waals surface area contributed by atoms with Crippen LogP contribution in [0.4, 0.5) is 0 Å². The zero-order valence-electron chi connectivity index (χ0n) is 17.3. The topological polar surface area (TPSA) is 74.3 Å². The highest BCUT2D eigenvalue weighted by molar-refractivity contribution is 5.89. The lowest BCUT2D eigenvalue weighted by molar-refractivity contribution is -0.171. The number of nitrogens with zero attached hydrogens (tertiary/aromatic N) is 1. The van der Waals surface area contributed by atoms with Crippen molar-refractivity contribution in [1.82, 2.24) is 4.90 Å². The van der Waals surface area contributed by atoms with Crippen LogP contribution < -0.4 is 4.74 Å². The van der Waals surface area contributed by atoms with Crippen LogP contribution in [0.2, 0.25) is 0 Å². The summed E-state index contributed by atoms with van der Waals surface area (Å²) >= 11 is 0. The van der Waals surface area contributed by atoms with Gasteiger partial charge in [-0.3, -0.25) is 4.90 Å². The van der Waals surface area contributed by atoms with Crippen LogP contribution in [0.1, 0.15) is 28.8 Å². The minimum Gasteiger partial charge on any atom is -0.492 e. The zero-order valence-corrected chi connectivity index (χ0v) is 17.3. The lowest BCUT2D eigenvalue weighted by Crippen LogP contribution is -2.48. The summed E-state index contributed by atoms with van der Waals surface area (Å²) in [5.74, 6) is -0.147. The van der Waals surface area contributed by atoms with Gasteiger partial charge in [0.25, 0.3) is 0 Å². The predicted molar refractivity (Wildman–Crippen MR) is 110 cm³/mol. The summed E-state index contributed by atoms with van der Waals surface area (Å²) in [6, 6.07) is 16.4. The van der Waals surface area contributed by atoms with E-state index in [1.807, 2.05) is 35.2 Å². The highest BCUT2D eigenvalue weighted by atomic mass is 16.6. The molecule has 1 saturated heterocycles. The molecule has 0 amide bonds. The van der Waals surface area contributed by atoms with Gasteiger partial charge in [-0.15, -0.1) is 0 Å². The summed E-state index contributed by atoms with van der Waals surface area (Å²) < 4.78 is 21.5. The highest BCUT2D eigenvalue weighted by Gasteiger charge is 2.36. The van der Waals surface area contributed by atoms with Crippen molar-refractivity contribution in [1.29, 1.82) is 0 Å². The standard InChI is InChI=1S/C23H27NO6/c1-27-21(23(26)30-15-17-7-4-3-5-8-17)24-14-6-9-19(24)16-29-20-12-10-18(11-13-20)22(25)28-2/h3-5,7-8,10-13,19,21H,6,9,14-16H2,1-2H3/t19-,21?/m0/s1. The monoisotopic (exact) mass is 413 g/mol. The highest BCUT2D eigenvalue weighted by Crippen LogP contribution is 2.23. The van der Waals surface area contributed by atoms with Crippen LogP contribution in [0, 0.1) is 0 Å². The van der Waals surface area contributed by atoms with Crippen LogP contribution in [0.3, 0.4) is 0 Å². The molecule has 0 bridgehead atoms. The number of rotatable bonds is 9. The molecule has 1 heterocycles. The van der Waals surface area contributed by atoms with Gasteiger partial charge in [-0.05, 0) is 42.7 Å². The largest absolute Gasteiger partial charge is 0.492 e. The predicted octanol–water partition coefficient (Wildman–Crippen LogP) is 3.03. The van der Waals surface area contributed by atoms with Gasteiger partial charge in [-0.25, -0.2) is 9.59 Å². The lowest BCUT2D eigenvalue weighted by Gasteiger charge is -2.30. The quantitative estimate of drug-likeness (QED) is 0.585. The number of hydrogen-bond donors (Lipinski definition) is 0. The molecule has 0 spiro atoms. The van der Waals surface area contributed by atoms with Crippen molar-refractivity contribution in [2.75, 3.05) is 27.4 Å². The molecule has 2 aromatic rings. The fourth-order valence-corrected chi connectivity index (χ4v) is 3.51. The number of carbonyl (C=O) groups is 2. The Labute approximate surface area is 176 Å². The van der Waals surface area contributed by atoms with E-state index >= 15 is 0 Å². The molecular weight excluding hydrogens is 386 g/mol. The first-order chi connectivity index (χ1) is 14.6. The normalized spacial score (nSPS) is 17.3. The minimum absolute atomic E-state index is 0.0273. The van der Waals surface area contributed by atoms with E-state index in [-0.39, 0.29) is 18.6 Å². The SMILES string of the molecule is COC(=O)c1ccc(OC[C@@H]2CCCN2C(OC)C(=O)OCc2ccccc2)cc1. The molecule has 2 aromatic carbocycles. The number of methoxy groups -OCH3 is 2.